The van der Waals surface area contributed by atoms with Crippen LogP contribution in [-0.4, -0.2) is 35.2 Å². The predicted molar refractivity (Wildman–Crippen MR) is 65.3 cm³/mol. The Morgan fingerprint density at radius 1 is 0.938 bits per heavy atom. The molecule has 3 atom stereocenters. The zero-order valence-electron chi connectivity index (χ0n) is 10.3. The van der Waals surface area contributed by atoms with Gasteiger partial charge in [0.2, 0.25) is 0 Å². The van der Waals surface area contributed by atoms with Crippen molar-refractivity contribution in [2.24, 2.45) is 11.8 Å². The molecule has 0 amide bonds. The number of hydrogen-bond donors (Lipinski definition) is 1. The first-order valence-corrected chi connectivity index (χ1v) is 7.27. The van der Waals surface area contributed by atoms with Crippen molar-refractivity contribution in [2.75, 3.05) is 13.1 Å². The summed E-state index contributed by atoms with van der Waals surface area (Å²) >= 11 is 0. The average Bonchev–Trinajstić information content (AvgIpc) is 3.00. The fourth-order valence-corrected chi connectivity index (χ4v) is 3.78. The summed E-state index contributed by atoms with van der Waals surface area (Å²) in [6, 6.07) is 0.715. The van der Waals surface area contributed by atoms with Crippen LogP contribution in [0.5, 0.6) is 0 Å². The summed E-state index contributed by atoms with van der Waals surface area (Å²) in [5.41, 5.74) is 0. The van der Waals surface area contributed by atoms with E-state index in [9.17, 15) is 5.11 Å². The highest BCUT2D eigenvalue weighted by molar-refractivity contribution is 4.92. The molecule has 2 saturated carbocycles. The molecule has 16 heavy (non-hydrogen) atoms. The Bertz CT molecular complexity index is 239. The minimum atomic E-state index is 0.00445. The first-order valence-electron chi connectivity index (χ1n) is 7.27. The van der Waals surface area contributed by atoms with E-state index in [-0.39, 0.29) is 6.10 Å². The predicted octanol–water partition coefficient (Wildman–Crippen LogP) is 2.41. The quantitative estimate of drug-likeness (QED) is 0.794. The second kappa shape index (κ2) is 4.66. The third-order valence-corrected chi connectivity index (χ3v) is 4.88. The van der Waals surface area contributed by atoms with Gasteiger partial charge in [0.1, 0.15) is 0 Å². The van der Waals surface area contributed by atoms with Crippen molar-refractivity contribution in [1.82, 2.24) is 4.90 Å². The molecule has 3 unspecified atom stereocenters. The Kier molecular flexibility index (Phi) is 3.21. The Morgan fingerprint density at radius 3 is 2.50 bits per heavy atom. The van der Waals surface area contributed by atoms with E-state index in [1.54, 1.807) is 0 Å². The zero-order chi connectivity index (χ0) is 11.0. The number of piperidine rings is 1. The largest absolute Gasteiger partial charge is 0.393 e. The summed E-state index contributed by atoms with van der Waals surface area (Å²) in [5, 5.41) is 10.1. The normalized spacial score (nSPS) is 41.4. The lowest BCUT2D eigenvalue weighted by Gasteiger charge is -2.40. The van der Waals surface area contributed by atoms with Gasteiger partial charge in [0.15, 0.2) is 0 Å². The second-order valence-electron chi connectivity index (χ2n) is 6.16. The molecule has 0 aromatic rings. The first kappa shape index (κ1) is 11.0. The SMILES string of the molecule is OC1CCCC1C1CCCCN1CC1CC1. The van der Waals surface area contributed by atoms with E-state index in [0.29, 0.717) is 12.0 Å². The second-order valence-corrected chi connectivity index (χ2v) is 6.16. The molecule has 1 aliphatic heterocycles. The topological polar surface area (TPSA) is 23.5 Å². The molecular formula is C14H25NO. The van der Waals surface area contributed by atoms with E-state index < -0.39 is 0 Å². The van der Waals surface area contributed by atoms with Crippen LogP contribution in [-0.2, 0) is 0 Å². The number of aliphatic hydroxyl groups is 1. The average molecular weight is 223 g/mol. The fourth-order valence-electron chi connectivity index (χ4n) is 3.78. The van der Waals surface area contributed by atoms with Gasteiger partial charge < -0.3 is 5.11 Å². The van der Waals surface area contributed by atoms with Crippen LogP contribution in [0.3, 0.4) is 0 Å². The van der Waals surface area contributed by atoms with Gasteiger partial charge in [-0.05, 0) is 51.0 Å². The highest BCUT2D eigenvalue weighted by Gasteiger charge is 2.38. The van der Waals surface area contributed by atoms with Crippen LogP contribution in [0, 0.1) is 11.8 Å². The summed E-state index contributed by atoms with van der Waals surface area (Å²) in [6.07, 6.45) is 10.6. The number of hydrogen-bond acceptors (Lipinski definition) is 2. The lowest BCUT2D eigenvalue weighted by atomic mass is 9.87. The molecule has 0 bridgehead atoms. The smallest absolute Gasteiger partial charge is 0.0583 e. The van der Waals surface area contributed by atoms with Crippen molar-refractivity contribution in [1.29, 1.82) is 0 Å². The van der Waals surface area contributed by atoms with Gasteiger partial charge in [0.25, 0.3) is 0 Å². The maximum atomic E-state index is 10.1. The van der Waals surface area contributed by atoms with Crippen molar-refractivity contribution in [3.05, 3.63) is 0 Å². The molecule has 92 valence electrons. The molecule has 0 radical (unpaired) electrons. The van der Waals surface area contributed by atoms with Crippen molar-refractivity contribution in [3.63, 3.8) is 0 Å². The van der Waals surface area contributed by atoms with Gasteiger partial charge in [-0.25, -0.2) is 0 Å². The number of rotatable bonds is 3. The van der Waals surface area contributed by atoms with Gasteiger partial charge in [-0.15, -0.1) is 0 Å². The maximum Gasteiger partial charge on any atom is 0.0583 e. The molecule has 0 aromatic heterocycles. The molecule has 2 heteroatoms. The molecule has 3 fully saturated rings. The highest BCUT2D eigenvalue weighted by Crippen LogP contribution is 2.38. The summed E-state index contributed by atoms with van der Waals surface area (Å²) in [5.74, 6) is 1.60. The third-order valence-electron chi connectivity index (χ3n) is 4.88. The standard InChI is InChI=1S/C14H25NO/c16-14-6-3-4-12(14)13-5-1-2-9-15(13)10-11-7-8-11/h11-14,16H,1-10H2. The molecule has 1 saturated heterocycles. The van der Waals surface area contributed by atoms with Crippen LogP contribution in [0.15, 0.2) is 0 Å². The minimum Gasteiger partial charge on any atom is -0.393 e. The summed E-state index contributed by atoms with van der Waals surface area (Å²) in [6.45, 7) is 2.62. The van der Waals surface area contributed by atoms with E-state index in [2.05, 4.69) is 4.90 Å². The maximum absolute atomic E-state index is 10.1. The summed E-state index contributed by atoms with van der Waals surface area (Å²) in [4.78, 5) is 2.72. The Hall–Kier alpha value is -0.0800. The number of likely N-dealkylation sites (tertiary alicyclic amines) is 1. The van der Waals surface area contributed by atoms with Crippen LogP contribution < -0.4 is 0 Å². The van der Waals surface area contributed by atoms with Gasteiger partial charge in [0, 0.05) is 18.5 Å². The minimum absolute atomic E-state index is 0.00445. The lowest BCUT2D eigenvalue weighted by Crippen LogP contribution is -2.47. The van der Waals surface area contributed by atoms with Crippen molar-refractivity contribution in [2.45, 2.75) is 63.5 Å². The molecule has 3 aliphatic rings. The molecule has 0 spiro atoms. The third kappa shape index (κ3) is 2.28. The van der Waals surface area contributed by atoms with Crippen molar-refractivity contribution < 1.29 is 5.11 Å². The number of nitrogens with zero attached hydrogens (tertiary/aromatic N) is 1. The molecule has 3 rings (SSSR count). The monoisotopic (exact) mass is 223 g/mol. The Labute approximate surface area is 99.0 Å². The van der Waals surface area contributed by atoms with Crippen LogP contribution >= 0.6 is 0 Å². The van der Waals surface area contributed by atoms with Gasteiger partial charge >= 0.3 is 0 Å². The van der Waals surface area contributed by atoms with E-state index in [1.165, 1.54) is 58.0 Å². The van der Waals surface area contributed by atoms with Crippen LogP contribution in [0.25, 0.3) is 0 Å². The summed E-state index contributed by atoms with van der Waals surface area (Å²) < 4.78 is 0. The molecule has 1 heterocycles. The Morgan fingerprint density at radius 2 is 1.81 bits per heavy atom. The Balaban J connectivity index is 1.64. The van der Waals surface area contributed by atoms with Crippen LogP contribution in [0.1, 0.15) is 51.4 Å². The molecule has 0 aromatic carbocycles. The van der Waals surface area contributed by atoms with Crippen LogP contribution in [0.2, 0.25) is 0 Å². The zero-order valence-corrected chi connectivity index (χ0v) is 10.3. The molecule has 2 aliphatic carbocycles. The van der Waals surface area contributed by atoms with E-state index >= 15 is 0 Å². The number of aliphatic hydroxyl groups excluding tert-OH is 1. The van der Waals surface area contributed by atoms with Gasteiger partial charge in [-0.2, -0.15) is 0 Å². The van der Waals surface area contributed by atoms with Gasteiger partial charge in [0.05, 0.1) is 6.10 Å². The van der Waals surface area contributed by atoms with E-state index in [4.69, 9.17) is 0 Å². The lowest BCUT2D eigenvalue weighted by molar-refractivity contribution is 0.0332. The summed E-state index contributed by atoms with van der Waals surface area (Å²) in [7, 11) is 0. The molecule has 1 N–H and O–H groups in total. The van der Waals surface area contributed by atoms with Crippen molar-refractivity contribution >= 4 is 0 Å². The van der Waals surface area contributed by atoms with Crippen molar-refractivity contribution in [3.8, 4) is 0 Å². The van der Waals surface area contributed by atoms with Gasteiger partial charge in [-0.1, -0.05) is 12.8 Å². The molecular weight excluding hydrogens is 198 g/mol. The first-order chi connectivity index (χ1) is 7.84. The van der Waals surface area contributed by atoms with Gasteiger partial charge in [-0.3, -0.25) is 4.90 Å². The van der Waals surface area contributed by atoms with Crippen LogP contribution in [0.4, 0.5) is 0 Å². The highest BCUT2D eigenvalue weighted by atomic mass is 16.3. The molecule has 2 nitrogen and oxygen atoms in total. The fraction of sp³-hybridized carbons (Fsp3) is 1.00. The van der Waals surface area contributed by atoms with E-state index in [0.717, 1.165) is 12.3 Å². The van der Waals surface area contributed by atoms with E-state index in [1.807, 2.05) is 0 Å².